The van der Waals surface area contributed by atoms with Gasteiger partial charge in [0.15, 0.2) is 0 Å². The number of hydrogen-bond donors (Lipinski definition) is 3. The molecular weight excluding hydrogens is 232 g/mol. The normalized spacial score (nSPS) is 13.2. The summed E-state index contributed by atoms with van der Waals surface area (Å²) in [6.45, 7) is 9.78. The Labute approximate surface area is 109 Å². The molecule has 0 radical (unpaired) electrons. The zero-order valence-corrected chi connectivity index (χ0v) is 12.0. The number of carbonyl (C=O) groups excluding carboxylic acids is 1. The molecule has 0 saturated heterocycles. The van der Waals surface area contributed by atoms with E-state index in [1.165, 1.54) is 0 Å². The number of aliphatic carboxylic acids is 1. The van der Waals surface area contributed by atoms with Gasteiger partial charge in [-0.2, -0.15) is 0 Å². The van der Waals surface area contributed by atoms with Crippen LogP contribution in [0, 0.1) is 11.3 Å². The molecule has 5 heteroatoms. The van der Waals surface area contributed by atoms with Gasteiger partial charge in [0.25, 0.3) is 0 Å². The standard InChI is InChI=1S/C13H26N2O3/c1-6-13(7-2,11(16)17)8-14-12(18)15-10(5)9(3)4/h9-10H,6-8H2,1-5H3,(H,16,17)(H2,14,15,18). The zero-order valence-electron chi connectivity index (χ0n) is 12.0. The fourth-order valence-electron chi connectivity index (χ4n) is 1.55. The second kappa shape index (κ2) is 7.24. The molecule has 0 aromatic rings. The quantitative estimate of drug-likeness (QED) is 0.655. The molecule has 3 N–H and O–H groups in total. The topological polar surface area (TPSA) is 78.4 Å². The maximum absolute atomic E-state index is 11.6. The summed E-state index contributed by atoms with van der Waals surface area (Å²) in [4.78, 5) is 22.9. The number of nitrogens with one attached hydrogen (secondary N) is 2. The molecule has 0 aliphatic carbocycles. The van der Waals surface area contributed by atoms with Gasteiger partial charge in [-0.15, -0.1) is 0 Å². The average Bonchev–Trinajstić information content (AvgIpc) is 2.30. The van der Waals surface area contributed by atoms with E-state index in [2.05, 4.69) is 10.6 Å². The van der Waals surface area contributed by atoms with E-state index in [-0.39, 0.29) is 18.6 Å². The molecule has 106 valence electrons. The molecule has 2 amide bonds. The Bertz CT molecular complexity index is 286. The highest BCUT2D eigenvalue weighted by Crippen LogP contribution is 2.25. The van der Waals surface area contributed by atoms with Gasteiger partial charge in [0, 0.05) is 12.6 Å². The van der Waals surface area contributed by atoms with Gasteiger partial charge in [-0.05, 0) is 25.7 Å². The largest absolute Gasteiger partial charge is 0.481 e. The number of hydrogen-bond acceptors (Lipinski definition) is 2. The van der Waals surface area contributed by atoms with Crippen molar-refractivity contribution in [3.8, 4) is 0 Å². The minimum Gasteiger partial charge on any atom is -0.481 e. The fraction of sp³-hybridized carbons (Fsp3) is 0.846. The van der Waals surface area contributed by atoms with Crippen LogP contribution in [0.2, 0.25) is 0 Å². The van der Waals surface area contributed by atoms with Crippen molar-refractivity contribution in [2.24, 2.45) is 11.3 Å². The van der Waals surface area contributed by atoms with E-state index in [0.29, 0.717) is 18.8 Å². The van der Waals surface area contributed by atoms with E-state index >= 15 is 0 Å². The first-order valence-corrected chi connectivity index (χ1v) is 6.56. The Morgan fingerprint density at radius 2 is 1.67 bits per heavy atom. The second-order valence-electron chi connectivity index (χ2n) is 5.15. The molecule has 5 nitrogen and oxygen atoms in total. The molecule has 0 aromatic heterocycles. The van der Waals surface area contributed by atoms with E-state index < -0.39 is 11.4 Å². The predicted molar refractivity (Wildman–Crippen MR) is 71.5 cm³/mol. The Balaban J connectivity index is 4.37. The number of carbonyl (C=O) groups is 2. The molecule has 18 heavy (non-hydrogen) atoms. The van der Waals surface area contributed by atoms with Crippen LogP contribution in [0.3, 0.4) is 0 Å². The molecular formula is C13H26N2O3. The third-order valence-corrected chi connectivity index (χ3v) is 3.75. The zero-order chi connectivity index (χ0) is 14.3. The Kier molecular flexibility index (Phi) is 6.73. The van der Waals surface area contributed by atoms with Crippen LogP contribution in [0.5, 0.6) is 0 Å². The predicted octanol–water partition coefficient (Wildman–Crippen LogP) is 2.22. The van der Waals surface area contributed by atoms with Gasteiger partial charge in [0.2, 0.25) is 0 Å². The number of carboxylic acid groups (broad SMARTS) is 1. The number of carboxylic acids is 1. The first kappa shape index (κ1) is 16.7. The van der Waals surface area contributed by atoms with Crippen LogP contribution in [0.25, 0.3) is 0 Å². The number of rotatable bonds is 7. The van der Waals surface area contributed by atoms with Crippen LogP contribution in [-0.4, -0.2) is 29.7 Å². The highest BCUT2D eigenvalue weighted by Gasteiger charge is 2.35. The van der Waals surface area contributed by atoms with E-state index in [4.69, 9.17) is 0 Å². The van der Waals surface area contributed by atoms with Crippen molar-refractivity contribution in [1.82, 2.24) is 10.6 Å². The van der Waals surface area contributed by atoms with Crippen molar-refractivity contribution in [3.63, 3.8) is 0 Å². The summed E-state index contributed by atoms with van der Waals surface area (Å²) in [5, 5.41) is 14.7. The molecule has 0 aromatic carbocycles. The number of amides is 2. The first-order valence-electron chi connectivity index (χ1n) is 6.56. The lowest BCUT2D eigenvalue weighted by Crippen LogP contribution is -2.48. The molecule has 0 rings (SSSR count). The molecule has 0 bridgehead atoms. The molecule has 1 atom stereocenters. The van der Waals surface area contributed by atoms with Crippen molar-refractivity contribution >= 4 is 12.0 Å². The Morgan fingerprint density at radius 3 is 2.00 bits per heavy atom. The lowest BCUT2D eigenvalue weighted by Gasteiger charge is -2.27. The van der Waals surface area contributed by atoms with Crippen LogP contribution < -0.4 is 10.6 Å². The lowest BCUT2D eigenvalue weighted by molar-refractivity contribution is -0.149. The van der Waals surface area contributed by atoms with Gasteiger partial charge in [0.05, 0.1) is 5.41 Å². The van der Waals surface area contributed by atoms with Gasteiger partial charge in [-0.25, -0.2) is 4.79 Å². The molecule has 0 heterocycles. The second-order valence-corrected chi connectivity index (χ2v) is 5.15. The average molecular weight is 258 g/mol. The summed E-state index contributed by atoms with van der Waals surface area (Å²) in [6, 6.07) is -0.240. The first-order chi connectivity index (χ1) is 8.29. The van der Waals surface area contributed by atoms with Gasteiger partial charge in [-0.3, -0.25) is 4.79 Å². The van der Waals surface area contributed by atoms with Crippen molar-refractivity contribution < 1.29 is 14.7 Å². The highest BCUT2D eigenvalue weighted by atomic mass is 16.4. The van der Waals surface area contributed by atoms with Crippen molar-refractivity contribution in [2.45, 2.75) is 53.5 Å². The molecule has 0 fully saturated rings. The van der Waals surface area contributed by atoms with Gasteiger partial charge >= 0.3 is 12.0 Å². The Morgan fingerprint density at radius 1 is 1.17 bits per heavy atom. The highest BCUT2D eigenvalue weighted by molar-refractivity contribution is 5.78. The van der Waals surface area contributed by atoms with Crippen molar-refractivity contribution in [1.29, 1.82) is 0 Å². The van der Waals surface area contributed by atoms with Crippen molar-refractivity contribution in [3.05, 3.63) is 0 Å². The maximum Gasteiger partial charge on any atom is 0.315 e. The van der Waals surface area contributed by atoms with Crippen molar-refractivity contribution in [2.75, 3.05) is 6.54 Å². The molecule has 0 saturated carbocycles. The van der Waals surface area contributed by atoms with Crippen LogP contribution in [0.15, 0.2) is 0 Å². The van der Waals surface area contributed by atoms with Gasteiger partial charge in [0.1, 0.15) is 0 Å². The summed E-state index contributed by atoms with van der Waals surface area (Å²) in [6.07, 6.45) is 0.998. The van der Waals surface area contributed by atoms with E-state index in [1.54, 1.807) is 0 Å². The maximum atomic E-state index is 11.6. The van der Waals surface area contributed by atoms with E-state index in [9.17, 15) is 14.7 Å². The fourth-order valence-corrected chi connectivity index (χ4v) is 1.55. The summed E-state index contributed by atoms with van der Waals surface area (Å²) in [5.41, 5.74) is -0.863. The minimum atomic E-state index is -0.863. The lowest BCUT2D eigenvalue weighted by atomic mass is 9.82. The third kappa shape index (κ3) is 4.55. The van der Waals surface area contributed by atoms with Crippen LogP contribution >= 0.6 is 0 Å². The number of urea groups is 1. The summed E-state index contributed by atoms with van der Waals surface area (Å²) >= 11 is 0. The third-order valence-electron chi connectivity index (χ3n) is 3.75. The Hall–Kier alpha value is -1.26. The summed E-state index contributed by atoms with van der Waals surface area (Å²) in [5.74, 6) is -0.512. The smallest absolute Gasteiger partial charge is 0.315 e. The molecule has 1 unspecified atom stereocenters. The summed E-state index contributed by atoms with van der Waals surface area (Å²) in [7, 11) is 0. The minimum absolute atomic E-state index is 0.0625. The molecule has 0 aliphatic heterocycles. The monoisotopic (exact) mass is 258 g/mol. The summed E-state index contributed by atoms with van der Waals surface area (Å²) < 4.78 is 0. The SMILES string of the molecule is CCC(CC)(CNC(=O)NC(C)C(C)C)C(=O)O. The van der Waals surface area contributed by atoms with E-state index in [1.807, 2.05) is 34.6 Å². The van der Waals surface area contributed by atoms with Crippen LogP contribution in [-0.2, 0) is 4.79 Å². The van der Waals surface area contributed by atoms with Gasteiger partial charge < -0.3 is 15.7 Å². The van der Waals surface area contributed by atoms with E-state index in [0.717, 1.165) is 0 Å². The molecule has 0 aliphatic rings. The van der Waals surface area contributed by atoms with Crippen LogP contribution in [0.1, 0.15) is 47.5 Å². The molecule has 0 spiro atoms. The van der Waals surface area contributed by atoms with Crippen LogP contribution in [0.4, 0.5) is 4.79 Å². The van der Waals surface area contributed by atoms with Gasteiger partial charge in [-0.1, -0.05) is 27.7 Å².